The summed E-state index contributed by atoms with van der Waals surface area (Å²) < 4.78 is 0. The van der Waals surface area contributed by atoms with Gasteiger partial charge in [-0.05, 0) is 12.8 Å². The molecule has 0 radical (unpaired) electrons. The lowest BCUT2D eigenvalue weighted by molar-refractivity contribution is -0.130. The summed E-state index contributed by atoms with van der Waals surface area (Å²) in [5, 5.41) is 2.57. The number of hydrogen-bond acceptors (Lipinski definition) is 2. The second kappa shape index (κ2) is 5.86. The van der Waals surface area contributed by atoms with Gasteiger partial charge in [0.25, 0.3) is 0 Å². The van der Waals surface area contributed by atoms with Gasteiger partial charge < -0.3 is 10.2 Å². The Kier molecular flexibility index (Phi) is 4.73. The number of carbonyl (C=O) groups excluding carboxylic acids is 2. The quantitative estimate of drug-likeness (QED) is 0.693. The maximum atomic E-state index is 11.5. The van der Waals surface area contributed by atoms with Crippen LogP contribution in [0.15, 0.2) is 0 Å². The summed E-state index contributed by atoms with van der Waals surface area (Å²) in [7, 11) is 0. The summed E-state index contributed by atoms with van der Waals surface area (Å²) in [4.78, 5) is 24.0. The van der Waals surface area contributed by atoms with E-state index in [4.69, 9.17) is 11.6 Å². The highest BCUT2D eigenvalue weighted by molar-refractivity contribution is 6.27. The standard InChI is InChI=1S/C9H15ClN2O2/c10-7-8(13)11-4-3-9(14)12-5-1-2-6-12/h1-7H2,(H,11,13). The van der Waals surface area contributed by atoms with Gasteiger partial charge in [0.15, 0.2) is 0 Å². The van der Waals surface area contributed by atoms with Crippen molar-refractivity contribution in [2.24, 2.45) is 0 Å². The van der Waals surface area contributed by atoms with Crippen LogP contribution in [0.1, 0.15) is 19.3 Å². The Morgan fingerprint density at radius 2 is 1.93 bits per heavy atom. The summed E-state index contributed by atoms with van der Waals surface area (Å²) in [6.45, 7) is 2.12. The van der Waals surface area contributed by atoms with Crippen LogP contribution in [0.3, 0.4) is 0 Å². The molecule has 0 aliphatic carbocycles. The minimum absolute atomic E-state index is 0.0437. The first-order valence-corrected chi connectivity index (χ1v) is 5.38. The number of hydrogen-bond donors (Lipinski definition) is 1. The number of nitrogens with zero attached hydrogens (tertiary/aromatic N) is 1. The van der Waals surface area contributed by atoms with Gasteiger partial charge in [0.05, 0.1) is 0 Å². The van der Waals surface area contributed by atoms with E-state index in [0.717, 1.165) is 25.9 Å². The van der Waals surface area contributed by atoms with Crippen LogP contribution < -0.4 is 5.32 Å². The first-order chi connectivity index (χ1) is 6.74. The third-order valence-electron chi connectivity index (χ3n) is 2.24. The molecule has 1 fully saturated rings. The lowest BCUT2D eigenvalue weighted by Crippen LogP contribution is -2.33. The van der Waals surface area contributed by atoms with Gasteiger partial charge in [-0.2, -0.15) is 0 Å². The zero-order valence-electron chi connectivity index (χ0n) is 8.09. The van der Waals surface area contributed by atoms with Crippen molar-refractivity contribution in [3.05, 3.63) is 0 Å². The van der Waals surface area contributed by atoms with Gasteiger partial charge in [0.2, 0.25) is 11.8 Å². The van der Waals surface area contributed by atoms with Crippen molar-refractivity contribution >= 4 is 23.4 Å². The van der Waals surface area contributed by atoms with Crippen molar-refractivity contribution in [2.45, 2.75) is 19.3 Å². The molecule has 14 heavy (non-hydrogen) atoms. The van der Waals surface area contributed by atoms with E-state index in [1.165, 1.54) is 0 Å². The molecule has 0 saturated carbocycles. The lowest BCUT2D eigenvalue weighted by atomic mass is 10.3. The summed E-state index contributed by atoms with van der Waals surface area (Å²) in [5.41, 5.74) is 0. The molecule has 0 bridgehead atoms. The fraction of sp³-hybridized carbons (Fsp3) is 0.778. The molecule has 5 heteroatoms. The van der Waals surface area contributed by atoms with Gasteiger partial charge >= 0.3 is 0 Å². The van der Waals surface area contributed by atoms with Gasteiger partial charge in [-0.25, -0.2) is 0 Å². The lowest BCUT2D eigenvalue weighted by Gasteiger charge is -2.14. The molecule has 0 unspecified atom stereocenters. The fourth-order valence-electron chi connectivity index (χ4n) is 1.48. The Morgan fingerprint density at radius 3 is 2.50 bits per heavy atom. The highest BCUT2D eigenvalue weighted by Gasteiger charge is 2.17. The molecule has 1 saturated heterocycles. The van der Waals surface area contributed by atoms with Crippen LogP contribution in [-0.2, 0) is 9.59 Å². The fourth-order valence-corrected chi connectivity index (χ4v) is 1.58. The van der Waals surface area contributed by atoms with Crippen molar-refractivity contribution in [3.63, 3.8) is 0 Å². The average molecular weight is 219 g/mol. The molecule has 1 N–H and O–H groups in total. The molecular formula is C9H15ClN2O2. The number of likely N-dealkylation sites (tertiary alicyclic amines) is 1. The maximum Gasteiger partial charge on any atom is 0.234 e. The molecule has 0 aromatic rings. The summed E-state index contributed by atoms with van der Waals surface area (Å²) in [5.74, 6) is -0.143. The smallest absolute Gasteiger partial charge is 0.234 e. The van der Waals surface area contributed by atoms with E-state index in [2.05, 4.69) is 5.32 Å². The van der Waals surface area contributed by atoms with E-state index in [0.29, 0.717) is 13.0 Å². The predicted octanol–water partition coefficient (Wildman–Crippen LogP) is 0.354. The Balaban J connectivity index is 2.11. The molecular weight excluding hydrogens is 204 g/mol. The van der Waals surface area contributed by atoms with Crippen LogP contribution in [0.25, 0.3) is 0 Å². The van der Waals surface area contributed by atoms with Crippen LogP contribution >= 0.6 is 11.6 Å². The Morgan fingerprint density at radius 1 is 1.29 bits per heavy atom. The monoisotopic (exact) mass is 218 g/mol. The maximum absolute atomic E-state index is 11.5. The second-order valence-electron chi connectivity index (χ2n) is 3.32. The Labute approximate surface area is 88.6 Å². The molecule has 1 aliphatic heterocycles. The molecule has 4 nitrogen and oxygen atoms in total. The largest absolute Gasteiger partial charge is 0.355 e. The van der Waals surface area contributed by atoms with Gasteiger partial charge in [-0.3, -0.25) is 9.59 Å². The van der Waals surface area contributed by atoms with Gasteiger partial charge in [-0.1, -0.05) is 0 Å². The molecule has 1 rings (SSSR count). The molecule has 1 aliphatic rings. The number of nitrogens with one attached hydrogen (secondary N) is 1. The molecule has 0 atom stereocenters. The number of amides is 2. The summed E-state index contributed by atoms with van der Waals surface area (Å²) in [6.07, 6.45) is 2.57. The third kappa shape index (κ3) is 3.54. The third-order valence-corrected chi connectivity index (χ3v) is 2.48. The first kappa shape index (κ1) is 11.3. The minimum atomic E-state index is -0.221. The average Bonchev–Trinajstić information content (AvgIpc) is 2.70. The molecule has 0 aromatic heterocycles. The van der Waals surface area contributed by atoms with Crippen molar-refractivity contribution < 1.29 is 9.59 Å². The molecule has 2 amide bonds. The van der Waals surface area contributed by atoms with E-state index < -0.39 is 0 Å². The highest BCUT2D eigenvalue weighted by Crippen LogP contribution is 2.08. The number of carbonyl (C=O) groups is 2. The Hall–Kier alpha value is -0.770. The first-order valence-electron chi connectivity index (χ1n) is 4.84. The number of rotatable bonds is 4. The van der Waals surface area contributed by atoms with E-state index in [1.807, 2.05) is 4.90 Å². The van der Waals surface area contributed by atoms with Crippen LogP contribution in [0.5, 0.6) is 0 Å². The zero-order valence-corrected chi connectivity index (χ0v) is 8.85. The number of halogens is 1. The normalized spacial score (nSPS) is 15.6. The summed E-state index contributed by atoms with van der Waals surface area (Å²) in [6, 6.07) is 0. The number of alkyl halides is 1. The second-order valence-corrected chi connectivity index (χ2v) is 3.59. The molecule has 0 aromatic carbocycles. The molecule has 1 heterocycles. The van der Waals surface area contributed by atoms with E-state index in [1.54, 1.807) is 0 Å². The predicted molar refractivity (Wildman–Crippen MR) is 54.2 cm³/mol. The van der Waals surface area contributed by atoms with Crippen LogP contribution in [-0.4, -0.2) is 42.2 Å². The molecule has 80 valence electrons. The highest BCUT2D eigenvalue weighted by atomic mass is 35.5. The van der Waals surface area contributed by atoms with Crippen molar-refractivity contribution in [3.8, 4) is 0 Å². The van der Waals surface area contributed by atoms with E-state index in [-0.39, 0.29) is 17.7 Å². The van der Waals surface area contributed by atoms with Gasteiger partial charge in [0.1, 0.15) is 5.88 Å². The van der Waals surface area contributed by atoms with Crippen LogP contribution in [0, 0.1) is 0 Å². The zero-order chi connectivity index (χ0) is 10.4. The SMILES string of the molecule is O=C(CCl)NCCC(=O)N1CCCC1. The minimum Gasteiger partial charge on any atom is -0.355 e. The summed E-state index contributed by atoms with van der Waals surface area (Å²) >= 11 is 5.29. The van der Waals surface area contributed by atoms with E-state index >= 15 is 0 Å². The topological polar surface area (TPSA) is 49.4 Å². The van der Waals surface area contributed by atoms with Crippen molar-refractivity contribution in [1.82, 2.24) is 10.2 Å². The van der Waals surface area contributed by atoms with E-state index in [9.17, 15) is 9.59 Å². The van der Waals surface area contributed by atoms with Crippen LogP contribution in [0.2, 0.25) is 0 Å². The van der Waals surface area contributed by atoms with Gasteiger partial charge in [0, 0.05) is 26.1 Å². The van der Waals surface area contributed by atoms with Crippen molar-refractivity contribution in [2.75, 3.05) is 25.5 Å². The Bertz CT molecular complexity index is 215. The van der Waals surface area contributed by atoms with Crippen LogP contribution in [0.4, 0.5) is 0 Å². The molecule has 0 spiro atoms. The van der Waals surface area contributed by atoms with Crippen molar-refractivity contribution in [1.29, 1.82) is 0 Å². The van der Waals surface area contributed by atoms with Gasteiger partial charge in [-0.15, -0.1) is 11.6 Å².